The Morgan fingerprint density at radius 3 is 2.68 bits per heavy atom. The molecule has 0 aliphatic heterocycles. The van der Waals surface area contributed by atoms with Gasteiger partial charge in [-0.15, -0.1) is 0 Å². The van der Waals surface area contributed by atoms with Crippen molar-refractivity contribution < 1.29 is 9.53 Å². The van der Waals surface area contributed by atoms with Crippen molar-refractivity contribution in [3.63, 3.8) is 0 Å². The molecule has 2 rings (SSSR count). The monoisotopic (exact) mass is 302 g/mol. The van der Waals surface area contributed by atoms with E-state index in [0.29, 0.717) is 13.1 Å². The number of carbonyl (C=O) groups is 1. The minimum Gasteiger partial charge on any atom is -0.380 e. The number of carbonyl (C=O) groups excluding carboxylic acids is 1. The van der Waals surface area contributed by atoms with Crippen molar-refractivity contribution in [3.05, 3.63) is 54.1 Å². The quantitative estimate of drug-likeness (QED) is 0.759. The number of hydrogen-bond donors (Lipinski definition) is 2. The van der Waals surface area contributed by atoms with Crippen LogP contribution in [0.2, 0.25) is 0 Å². The van der Waals surface area contributed by atoms with Crippen LogP contribution in [0.15, 0.2) is 43.0 Å². The van der Waals surface area contributed by atoms with Crippen molar-refractivity contribution in [1.29, 1.82) is 0 Å². The predicted octanol–water partition coefficient (Wildman–Crippen LogP) is 0.911. The lowest BCUT2D eigenvalue weighted by atomic mass is 10.1. The summed E-state index contributed by atoms with van der Waals surface area (Å²) >= 11 is 0. The summed E-state index contributed by atoms with van der Waals surface area (Å²) in [6, 6.07) is 8.14. The van der Waals surface area contributed by atoms with Crippen LogP contribution in [0, 0.1) is 0 Å². The molecule has 0 aliphatic rings. The molecule has 0 fully saturated rings. The number of aromatic nitrogens is 2. The number of nitrogens with one attached hydrogen (secondary N) is 1. The fourth-order valence-corrected chi connectivity index (χ4v) is 2.10. The van der Waals surface area contributed by atoms with Crippen LogP contribution in [0.4, 0.5) is 0 Å². The molecule has 3 N–H and O–H groups in total. The van der Waals surface area contributed by atoms with Gasteiger partial charge in [0.25, 0.3) is 0 Å². The van der Waals surface area contributed by atoms with Crippen LogP contribution in [0.25, 0.3) is 0 Å². The van der Waals surface area contributed by atoms with Gasteiger partial charge in [-0.05, 0) is 11.1 Å². The zero-order valence-corrected chi connectivity index (χ0v) is 12.7. The van der Waals surface area contributed by atoms with Gasteiger partial charge in [0.15, 0.2) is 0 Å². The van der Waals surface area contributed by atoms with E-state index in [-0.39, 0.29) is 18.4 Å². The van der Waals surface area contributed by atoms with Crippen molar-refractivity contribution in [2.45, 2.75) is 25.6 Å². The SMILES string of the molecule is COC(CN)CC(=O)NCc1ccc(Cn2ccnc2)cc1. The topological polar surface area (TPSA) is 82.2 Å². The Balaban J connectivity index is 1.80. The van der Waals surface area contributed by atoms with E-state index < -0.39 is 0 Å². The highest BCUT2D eigenvalue weighted by molar-refractivity contribution is 5.76. The number of hydrogen-bond acceptors (Lipinski definition) is 4. The summed E-state index contributed by atoms with van der Waals surface area (Å²) in [5, 5.41) is 2.87. The van der Waals surface area contributed by atoms with Gasteiger partial charge in [-0.25, -0.2) is 4.98 Å². The predicted molar refractivity (Wildman–Crippen MR) is 84.1 cm³/mol. The van der Waals surface area contributed by atoms with Crippen LogP contribution in [-0.4, -0.2) is 35.2 Å². The third-order valence-corrected chi connectivity index (χ3v) is 3.45. The van der Waals surface area contributed by atoms with Gasteiger partial charge in [-0.1, -0.05) is 24.3 Å². The summed E-state index contributed by atoms with van der Waals surface area (Å²) < 4.78 is 7.10. The van der Waals surface area contributed by atoms with Crippen LogP contribution in [0.5, 0.6) is 0 Å². The lowest BCUT2D eigenvalue weighted by Gasteiger charge is -2.12. The van der Waals surface area contributed by atoms with E-state index in [0.717, 1.165) is 12.1 Å². The molecule has 1 aromatic carbocycles. The number of ether oxygens (including phenoxy) is 1. The number of rotatable bonds is 8. The molecule has 22 heavy (non-hydrogen) atoms. The second-order valence-electron chi connectivity index (χ2n) is 5.13. The first-order chi connectivity index (χ1) is 10.7. The molecule has 0 aliphatic carbocycles. The minimum atomic E-state index is -0.224. The van der Waals surface area contributed by atoms with Crippen LogP contribution in [0.3, 0.4) is 0 Å². The Kier molecular flexibility index (Phi) is 6.12. The smallest absolute Gasteiger partial charge is 0.222 e. The van der Waals surface area contributed by atoms with Gasteiger partial charge in [0, 0.05) is 39.1 Å². The fourth-order valence-electron chi connectivity index (χ4n) is 2.10. The Morgan fingerprint density at radius 1 is 1.36 bits per heavy atom. The van der Waals surface area contributed by atoms with Crippen LogP contribution < -0.4 is 11.1 Å². The van der Waals surface area contributed by atoms with E-state index in [1.54, 1.807) is 19.6 Å². The van der Waals surface area contributed by atoms with Crippen molar-refractivity contribution >= 4 is 5.91 Å². The number of imidazole rings is 1. The second-order valence-corrected chi connectivity index (χ2v) is 5.13. The molecule has 1 atom stereocenters. The van der Waals surface area contributed by atoms with Gasteiger partial charge in [0.05, 0.1) is 18.9 Å². The molecule has 0 radical (unpaired) electrons. The maximum Gasteiger partial charge on any atom is 0.222 e. The van der Waals surface area contributed by atoms with E-state index in [4.69, 9.17) is 10.5 Å². The number of nitrogens with two attached hydrogens (primary N) is 1. The zero-order valence-electron chi connectivity index (χ0n) is 12.7. The highest BCUT2D eigenvalue weighted by Gasteiger charge is 2.10. The highest BCUT2D eigenvalue weighted by Crippen LogP contribution is 2.06. The average molecular weight is 302 g/mol. The molecular formula is C16H22N4O2. The summed E-state index contributed by atoms with van der Waals surface area (Å²) in [6.07, 6.45) is 5.54. The van der Waals surface area contributed by atoms with Crippen LogP contribution in [0.1, 0.15) is 17.5 Å². The number of benzene rings is 1. The third kappa shape index (κ3) is 4.98. The lowest BCUT2D eigenvalue weighted by Crippen LogP contribution is -2.31. The Labute approximate surface area is 130 Å². The summed E-state index contributed by atoms with van der Waals surface area (Å²) in [5.74, 6) is -0.0557. The van der Waals surface area contributed by atoms with E-state index in [2.05, 4.69) is 22.4 Å². The summed E-state index contributed by atoms with van der Waals surface area (Å²) in [7, 11) is 1.56. The van der Waals surface area contributed by atoms with Gasteiger partial charge in [0.2, 0.25) is 5.91 Å². The fraction of sp³-hybridized carbons (Fsp3) is 0.375. The Bertz CT molecular complexity index is 562. The van der Waals surface area contributed by atoms with Crippen LogP contribution in [-0.2, 0) is 22.6 Å². The first-order valence-electron chi connectivity index (χ1n) is 7.24. The van der Waals surface area contributed by atoms with Crippen molar-refractivity contribution in [1.82, 2.24) is 14.9 Å². The lowest BCUT2D eigenvalue weighted by molar-refractivity contribution is -0.123. The number of amides is 1. The summed E-state index contributed by atoms with van der Waals surface area (Å²) in [6.45, 7) is 1.64. The summed E-state index contributed by atoms with van der Waals surface area (Å²) in [5.41, 5.74) is 7.75. The standard InChI is InChI=1S/C16H22N4O2/c1-22-15(9-17)8-16(21)19-10-13-2-4-14(5-3-13)11-20-7-6-18-12-20/h2-7,12,15H,8-11,17H2,1H3,(H,19,21). The molecule has 118 valence electrons. The molecular weight excluding hydrogens is 280 g/mol. The first-order valence-corrected chi connectivity index (χ1v) is 7.24. The van der Waals surface area contributed by atoms with Gasteiger partial charge >= 0.3 is 0 Å². The zero-order chi connectivity index (χ0) is 15.8. The van der Waals surface area contributed by atoms with Gasteiger partial charge in [-0.2, -0.15) is 0 Å². The molecule has 0 saturated carbocycles. The average Bonchev–Trinajstić information content (AvgIpc) is 3.05. The van der Waals surface area contributed by atoms with Crippen LogP contribution >= 0.6 is 0 Å². The maximum atomic E-state index is 11.8. The molecule has 6 nitrogen and oxygen atoms in total. The van der Waals surface area contributed by atoms with Crippen molar-refractivity contribution in [2.24, 2.45) is 5.73 Å². The molecule has 0 saturated heterocycles. The summed E-state index contributed by atoms with van der Waals surface area (Å²) in [4.78, 5) is 15.8. The molecule has 1 heterocycles. The third-order valence-electron chi connectivity index (χ3n) is 3.45. The molecule has 1 unspecified atom stereocenters. The van der Waals surface area contributed by atoms with E-state index >= 15 is 0 Å². The highest BCUT2D eigenvalue weighted by atomic mass is 16.5. The molecule has 1 amide bonds. The van der Waals surface area contributed by atoms with E-state index in [1.165, 1.54) is 5.56 Å². The normalized spacial score (nSPS) is 12.1. The van der Waals surface area contributed by atoms with Crippen molar-refractivity contribution in [2.75, 3.05) is 13.7 Å². The molecule has 1 aromatic heterocycles. The molecule has 0 bridgehead atoms. The molecule has 2 aromatic rings. The second kappa shape index (κ2) is 8.31. The molecule has 0 spiro atoms. The van der Waals surface area contributed by atoms with E-state index in [9.17, 15) is 4.79 Å². The maximum absolute atomic E-state index is 11.8. The molecule has 6 heteroatoms. The minimum absolute atomic E-state index is 0.0557. The van der Waals surface area contributed by atoms with Gasteiger partial charge < -0.3 is 20.4 Å². The first kappa shape index (κ1) is 16.2. The van der Waals surface area contributed by atoms with Crippen molar-refractivity contribution in [3.8, 4) is 0 Å². The van der Waals surface area contributed by atoms with Gasteiger partial charge in [-0.3, -0.25) is 4.79 Å². The number of nitrogens with zero attached hydrogens (tertiary/aromatic N) is 2. The van der Waals surface area contributed by atoms with Gasteiger partial charge in [0.1, 0.15) is 0 Å². The Hall–Kier alpha value is -2.18. The largest absolute Gasteiger partial charge is 0.380 e. The number of methoxy groups -OCH3 is 1. The van der Waals surface area contributed by atoms with E-state index in [1.807, 2.05) is 22.9 Å². The Morgan fingerprint density at radius 2 is 2.09 bits per heavy atom.